The molecule has 30 heavy (non-hydrogen) atoms. The number of hydrogen-bond acceptors (Lipinski definition) is 4. The molecule has 2 N–H and O–H groups in total. The Hall–Kier alpha value is -1.55. The van der Waals surface area contributed by atoms with Crippen molar-refractivity contribution in [1.29, 1.82) is 0 Å². The van der Waals surface area contributed by atoms with Crippen molar-refractivity contribution in [3.63, 3.8) is 0 Å². The topological polar surface area (TPSA) is 69.2 Å². The molecule has 2 rings (SSSR count). The molecule has 170 valence electrons. The Kier molecular flexibility index (Phi) is 10.9. The SMILES string of the molecule is CN=C(NCC(c1cccc(OC)c1)N(C)C)NCC1(C(=O)N(C)C)CCCC1.I. The Morgan fingerprint density at radius 2 is 1.87 bits per heavy atom. The standard InChI is InChI=1S/C22H37N5O2.HI/c1-23-21(25-16-22(12-7-8-13-22)20(28)27(4)5)24-15-19(26(2)3)17-10-9-11-18(14-17)29-6;/h9-11,14,19H,7-8,12-13,15-16H2,1-6H3,(H2,23,24,25);1H. The largest absolute Gasteiger partial charge is 0.497 e. The zero-order chi connectivity index (χ0) is 21.4. The molecular formula is C22H38IN5O2. The molecule has 1 aliphatic carbocycles. The van der Waals surface area contributed by atoms with Crippen LogP contribution in [0.1, 0.15) is 37.3 Å². The first-order chi connectivity index (χ1) is 13.8. The van der Waals surface area contributed by atoms with Crippen molar-refractivity contribution in [2.75, 3.05) is 55.4 Å². The first-order valence-electron chi connectivity index (χ1n) is 10.3. The van der Waals surface area contributed by atoms with Crippen LogP contribution >= 0.6 is 24.0 Å². The predicted molar refractivity (Wildman–Crippen MR) is 134 cm³/mol. The van der Waals surface area contributed by atoms with Crippen molar-refractivity contribution in [2.24, 2.45) is 10.4 Å². The highest BCUT2D eigenvalue weighted by molar-refractivity contribution is 14.0. The first kappa shape index (κ1) is 26.5. The molecule has 7 nitrogen and oxygen atoms in total. The van der Waals surface area contributed by atoms with Crippen LogP contribution < -0.4 is 15.4 Å². The molecule has 0 bridgehead atoms. The second kappa shape index (κ2) is 12.3. The number of rotatable bonds is 8. The van der Waals surface area contributed by atoms with Crippen LogP contribution in [0.2, 0.25) is 0 Å². The number of amides is 1. The van der Waals surface area contributed by atoms with Gasteiger partial charge in [0.15, 0.2) is 5.96 Å². The zero-order valence-electron chi connectivity index (χ0n) is 19.2. The normalized spacial score (nSPS) is 16.6. The molecule has 0 aromatic heterocycles. The van der Waals surface area contributed by atoms with Crippen molar-refractivity contribution in [3.05, 3.63) is 29.8 Å². The molecule has 1 aliphatic rings. The summed E-state index contributed by atoms with van der Waals surface area (Å²) in [4.78, 5) is 21.0. The quantitative estimate of drug-likeness (QED) is 0.307. The van der Waals surface area contributed by atoms with E-state index in [0.29, 0.717) is 13.1 Å². The molecule has 0 saturated heterocycles. The van der Waals surface area contributed by atoms with E-state index in [-0.39, 0.29) is 41.3 Å². The van der Waals surface area contributed by atoms with E-state index < -0.39 is 0 Å². The van der Waals surface area contributed by atoms with Gasteiger partial charge in [-0.15, -0.1) is 24.0 Å². The number of carbonyl (C=O) groups excluding carboxylic acids is 1. The fraction of sp³-hybridized carbons (Fsp3) is 0.636. The van der Waals surface area contributed by atoms with Crippen LogP contribution in [0.4, 0.5) is 0 Å². The zero-order valence-corrected chi connectivity index (χ0v) is 21.5. The number of guanidine groups is 1. The van der Waals surface area contributed by atoms with Crippen LogP contribution in [0.5, 0.6) is 5.75 Å². The third kappa shape index (κ3) is 6.73. The number of methoxy groups -OCH3 is 1. The van der Waals surface area contributed by atoms with Crippen LogP contribution in [0.25, 0.3) is 0 Å². The molecule has 0 spiro atoms. The molecule has 0 radical (unpaired) electrons. The van der Waals surface area contributed by atoms with Gasteiger partial charge in [0.05, 0.1) is 18.6 Å². The molecule has 1 aromatic rings. The van der Waals surface area contributed by atoms with E-state index in [1.54, 1.807) is 19.1 Å². The maximum Gasteiger partial charge on any atom is 0.230 e. The number of likely N-dealkylation sites (N-methyl/N-ethyl adjacent to an activating group) is 1. The molecule has 1 fully saturated rings. The molecule has 0 heterocycles. The highest BCUT2D eigenvalue weighted by Crippen LogP contribution is 2.38. The lowest BCUT2D eigenvalue weighted by atomic mass is 9.84. The summed E-state index contributed by atoms with van der Waals surface area (Å²) >= 11 is 0. The first-order valence-corrected chi connectivity index (χ1v) is 10.3. The smallest absolute Gasteiger partial charge is 0.230 e. The third-order valence-corrected chi connectivity index (χ3v) is 5.80. The van der Waals surface area contributed by atoms with Gasteiger partial charge < -0.3 is 25.2 Å². The molecule has 1 atom stereocenters. The second-order valence-corrected chi connectivity index (χ2v) is 8.25. The van der Waals surface area contributed by atoms with Gasteiger partial charge in [-0.05, 0) is 44.6 Å². The van der Waals surface area contributed by atoms with Gasteiger partial charge in [-0.3, -0.25) is 9.79 Å². The van der Waals surface area contributed by atoms with Crippen molar-refractivity contribution in [3.8, 4) is 5.75 Å². The van der Waals surface area contributed by atoms with E-state index in [0.717, 1.165) is 37.4 Å². The van der Waals surface area contributed by atoms with Crippen molar-refractivity contribution in [2.45, 2.75) is 31.7 Å². The number of hydrogen-bond donors (Lipinski definition) is 2. The lowest BCUT2D eigenvalue weighted by Gasteiger charge is -2.32. The number of carbonyl (C=O) groups is 1. The average molecular weight is 531 g/mol. The van der Waals surface area contributed by atoms with E-state index >= 15 is 0 Å². The Morgan fingerprint density at radius 3 is 2.40 bits per heavy atom. The number of aliphatic imine (C=N–C) groups is 1. The van der Waals surface area contributed by atoms with Crippen LogP contribution in [0.3, 0.4) is 0 Å². The van der Waals surface area contributed by atoms with Gasteiger partial charge in [0, 0.05) is 34.2 Å². The summed E-state index contributed by atoms with van der Waals surface area (Å²) in [6, 6.07) is 8.29. The fourth-order valence-electron chi connectivity index (χ4n) is 4.11. The summed E-state index contributed by atoms with van der Waals surface area (Å²) in [7, 11) is 11.2. The van der Waals surface area contributed by atoms with Crippen LogP contribution in [-0.4, -0.2) is 77.1 Å². The highest BCUT2D eigenvalue weighted by Gasteiger charge is 2.42. The number of halogens is 1. The number of nitrogens with zero attached hydrogens (tertiary/aromatic N) is 3. The summed E-state index contributed by atoms with van der Waals surface area (Å²) < 4.78 is 5.37. The van der Waals surface area contributed by atoms with Crippen LogP contribution in [0.15, 0.2) is 29.3 Å². The molecule has 1 amide bonds. The van der Waals surface area contributed by atoms with Gasteiger partial charge in [-0.25, -0.2) is 0 Å². The van der Waals surface area contributed by atoms with E-state index in [1.807, 2.05) is 26.2 Å². The van der Waals surface area contributed by atoms with Gasteiger partial charge in [-0.2, -0.15) is 0 Å². The van der Waals surface area contributed by atoms with Gasteiger partial charge in [0.2, 0.25) is 5.91 Å². The van der Waals surface area contributed by atoms with E-state index in [1.165, 1.54) is 5.56 Å². The Labute approximate surface area is 198 Å². The van der Waals surface area contributed by atoms with Gasteiger partial charge in [0.25, 0.3) is 0 Å². The molecule has 1 unspecified atom stereocenters. The summed E-state index contributed by atoms with van der Waals surface area (Å²) in [6.07, 6.45) is 4.06. The number of ether oxygens (including phenoxy) is 1. The van der Waals surface area contributed by atoms with E-state index in [2.05, 4.69) is 46.8 Å². The minimum absolute atomic E-state index is 0. The van der Waals surface area contributed by atoms with Crippen LogP contribution in [0, 0.1) is 5.41 Å². The maximum atomic E-state index is 12.8. The minimum atomic E-state index is -0.325. The highest BCUT2D eigenvalue weighted by atomic mass is 127. The van der Waals surface area contributed by atoms with Crippen molar-refractivity contribution in [1.82, 2.24) is 20.4 Å². The van der Waals surface area contributed by atoms with E-state index in [9.17, 15) is 4.79 Å². The second-order valence-electron chi connectivity index (χ2n) is 8.25. The van der Waals surface area contributed by atoms with Gasteiger partial charge >= 0.3 is 0 Å². The Bertz CT molecular complexity index is 703. The average Bonchev–Trinajstić information content (AvgIpc) is 3.19. The Morgan fingerprint density at radius 1 is 1.20 bits per heavy atom. The predicted octanol–water partition coefficient (Wildman–Crippen LogP) is 2.73. The summed E-state index contributed by atoms with van der Waals surface area (Å²) in [5, 5.41) is 6.83. The minimum Gasteiger partial charge on any atom is -0.497 e. The monoisotopic (exact) mass is 531 g/mol. The molecule has 1 saturated carbocycles. The number of benzene rings is 1. The molecule has 0 aliphatic heterocycles. The van der Waals surface area contributed by atoms with Crippen LogP contribution in [-0.2, 0) is 4.79 Å². The Balaban J connectivity index is 0.00000450. The molecule has 8 heteroatoms. The van der Waals surface area contributed by atoms with Gasteiger partial charge in [-0.1, -0.05) is 25.0 Å². The van der Waals surface area contributed by atoms with E-state index in [4.69, 9.17) is 4.74 Å². The number of nitrogens with one attached hydrogen (secondary N) is 2. The fourth-order valence-corrected chi connectivity index (χ4v) is 4.11. The lowest BCUT2D eigenvalue weighted by Crippen LogP contribution is -2.50. The van der Waals surface area contributed by atoms with Crippen molar-refractivity contribution >= 4 is 35.8 Å². The molecule has 1 aromatic carbocycles. The summed E-state index contributed by atoms with van der Waals surface area (Å²) in [6.45, 7) is 1.30. The lowest BCUT2D eigenvalue weighted by molar-refractivity contribution is -0.138. The van der Waals surface area contributed by atoms with Gasteiger partial charge in [0.1, 0.15) is 5.75 Å². The summed E-state index contributed by atoms with van der Waals surface area (Å²) in [5.41, 5.74) is 0.849. The third-order valence-electron chi connectivity index (χ3n) is 5.80. The van der Waals surface area contributed by atoms with Crippen molar-refractivity contribution < 1.29 is 9.53 Å². The molecular weight excluding hydrogens is 493 g/mol. The maximum absolute atomic E-state index is 12.8. The summed E-state index contributed by atoms with van der Waals surface area (Å²) in [5.74, 6) is 1.78.